The first-order valence-electron chi connectivity index (χ1n) is 12.3. The van der Waals surface area contributed by atoms with E-state index in [1.54, 1.807) is 31.2 Å². The normalized spacial score (nSPS) is 13.3. The number of hydrogen-bond donors (Lipinski definition) is 1. The molecule has 0 amide bonds. The van der Waals surface area contributed by atoms with Gasteiger partial charge in [0.1, 0.15) is 17.9 Å². The number of aliphatic hydroxyl groups is 1. The zero-order valence-electron chi connectivity index (χ0n) is 21.3. The Hall–Kier alpha value is -3.46. The van der Waals surface area contributed by atoms with Gasteiger partial charge in [-0.25, -0.2) is 4.98 Å². The third-order valence-corrected chi connectivity index (χ3v) is 7.49. The van der Waals surface area contributed by atoms with Crippen LogP contribution in [-0.4, -0.2) is 50.4 Å². The van der Waals surface area contributed by atoms with Gasteiger partial charge in [0, 0.05) is 29.7 Å². The summed E-state index contributed by atoms with van der Waals surface area (Å²) in [5.74, 6) is 0.427. The van der Waals surface area contributed by atoms with Gasteiger partial charge in [0.15, 0.2) is 5.60 Å². The largest absolute Gasteiger partial charge is 0.480 e. The Morgan fingerprint density at radius 3 is 2.24 bits per heavy atom. The zero-order chi connectivity index (χ0) is 26.5. The van der Waals surface area contributed by atoms with Gasteiger partial charge in [0.25, 0.3) is 10.1 Å². The molecule has 0 radical (unpaired) electrons. The molecule has 0 aliphatic heterocycles. The predicted octanol–water partition coefficient (Wildman–Crippen LogP) is 5.28. The van der Waals surface area contributed by atoms with Crippen molar-refractivity contribution in [2.24, 2.45) is 0 Å². The molecule has 0 saturated heterocycles. The Morgan fingerprint density at radius 2 is 1.59 bits per heavy atom. The van der Waals surface area contributed by atoms with Crippen molar-refractivity contribution in [3.8, 4) is 17.0 Å². The van der Waals surface area contributed by atoms with Gasteiger partial charge >= 0.3 is 0 Å². The molecule has 0 spiro atoms. The molecule has 1 unspecified atom stereocenters. The fourth-order valence-corrected chi connectivity index (χ4v) is 5.06. The van der Waals surface area contributed by atoms with Crippen LogP contribution in [0.3, 0.4) is 0 Å². The van der Waals surface area contributed by atoms with E-state index in [0.717, 1.165) is 35.4 Å². The minimum atomic E-state index is -4.01. The van der Waals surface area contributed by atoms with Crippen LogP contribution in [-0.2, 0) is 14.3 Å². The molecule has 1 atom stereocenters. The Kier molecular flexibility index (Phi) is 8.12. The fraction of sp³-hybridized carbons (Fsp3) is 0.276. The molecule has 0 aliphatic rings. The third-order valence-electron chi connectivity index (χ3n) is 6.22. The maximum absolute atomic E-state index is 12.6. The number of ether oxygens (including phenoxy) is 1. The molecular formula is C29H32N2O5S. The summed E-state index contributed by atoms with van der Waals surface area (Å²) in [5, 5.41) is 11.0. The summed E-state index contributed by atoms with van der Waals surface area (Å²) in [6.45, 7) is 6.90. The summed E-state index contributed by atoms with van der Waals surface area (Å²) in [4.78, 5) is 7.17. The standard InChI is InChI=1S/C29H32N2O5S/c1-4-31(5-2)24-17-14-22(15-18-24)26-19-16-23-10-9-13-27(28(23)30-26)36-29(3,20-32)21-35-37(33,34)25-11-7-6-8-12-25/h6-19,32H,4-5,20-21H2,1-3H3. The van der Waals surface area contributed by atoms with Gasteiger partial charge in [-0.2, -0.15) is 8.42 Å². The van der Waals surface area contributed by atoms with Crippen molar-refractivity contribution in [2.45, 2.75) is 31.3 Å². The first kappa shape index (κ1) is 26.6. The minimum Gasteiger partial charge on any atom is -0.480 e. The lowest BCUT2D eigenvalue weighted by Crippen LogP contribution is -2.42. The van der Waals surface area contributed by atoms with E-state index in [4.69, 9.17) is 13.9 Å². The van der Waals surface area contributed by atoms with E-state index in [9.17, 15) is 13.5 Å². The summed E-state index contributed by atoms with van der Waals surface area (Å²) < 4.78 is 36.6. The molecule has 1 aromatic heterocycles. The van der Waals surface area contributed by atoms with Crippen LogP contribution >= 0.6 is 0 Å². The number of nitrogens with zero attached hydrogens (tertiary/aromatic N) is 2. The summed E-state index contributed by atoms with van der Waals surface area (Å²) in [7, 11) is -4.01. The van der Waals surface area contributed by atoms with Gasteiger partial charge in [-0.05, 0) is 57.2 Å². The molecule has 0 bridgehead atoms. The summed E-state index contributed by atoms with van der Waals surface area (Å²) in [6, 6.07) is 25.6. The monoisotopic (exact) mass is 520 g/mol. The van der Waals surface area contributed by atoms with Crippen LogP contribution in [0, 0.1) is 0 Å². The summed E-state index contributed by atoms with van der Waals surface area (Å²) in [6.07, 6.45) is 0. The van der Waals surface area contributed by atoms with E-state index in [0.29, 0.717) is 11.3 Å². The molecule has 1 heterocycles. The molecule has 0 aliphatic carbocycles. The van der Waals surface area contributed by atoms with Crippen LogP contribution in [0.2, 0.25) is 0 Å². The average Bonchev–Trinajstić information content (AvgIpc) is 2.93. The van der Waals surface area contributed by atoms with E-state index in [-0.39, 0.29) is 11.5 Å². The second-order valence-electron chi connectivity index (χ2n) is 8.98. The maximum atomic E-state index is 12.6. The molecule has 4 aromatic rings. The Balaban J connectivity index is 1.60. The second kappa shape index (κ2) is 11.3. The number of para-hydroxylation sites is 1. The molecule has 3 aromatic carbocycles. The van der Waals surface area contributed by atoms with E-state index in [2.05, 4.69) is 30.9 Å². The highest BCUT2D eigenvalue weighted by atomic mass is 32.2. The second-order valence-corrected chi connectivity index (χ2v) is 10.6. The topological polar surface area (TPSA) is 89.0 Å². The first-order valence-corrected chi connectivity index (χ1v) is 13.7. The van der Waals surface area contributed by atoms with Crippen molar-refractivity contribution in [2.75, 3.05) is 31.2 Å². The van der Waals surface area contributed by atoms with Crippen LogP contribution in [0.4, 0.5) is 5.69 Å². The van der Waals surface area contributed by atoms with E-state index >= 15 is 0 Å². The Bertz CT molecular complexity index is 1440. The number of aromatic nitrogens is 1. The van der Waals surface area contributed by atoms with Crippen molar-refractivity contribution >= 4 is 26.7 Å². The first-order chi connectivity index (χ1) is 17.8. The van der Waals surface area contributed by atoms with Crippen LogP contribution < -0.4 is 9.64 Å². The highest BCUT2D eigenvalue weighted by Crippen LogP contribution is 2.31. The molecule has 8 heteroatoms. The SMILES string of the molecule is CCN(CC)c1ccc(-c2ccc3cccc(OC(C)(CO)COS(=O)(=O)c4ccccc4)c3n2)cc1. The molecule has 1 N–H and O–H groups in total. The summed E-state index contributed by atoms with van der Waals surface area (Å²) in [5.41, 5.74) is 2.19. The smallest absolute Gasteiger partial charge is 0.297 e. The lowest BCUT2D eigenvalue weighted by atomic mass is 10.1. The quantitative estimate of drug-likeness (QED) is 0.269. The van der Waals surface area contributed by atoms with Gasteiger partial charge in [0.2, 0.25) is 0 Å². The van der Waals surface area contributed by atoms with Crippen molar-refractivity contribution in [3.63, 3.8) is 0 Å². The van der Waals surface area contributed by atoms with Crippen molar-refractivity contribution < 1.29 is 22.4 Å². The van der Waals surface area contributed by atoms with Crippen LogP contribution in [0.15, 0.2) is 89.8 Å². The minimum absolute atomic E-state index is 0.0405. The lowest BCUT2D eigenvalue weighted by Gasteiger charge is -2.28. The number of fused-ring (bicyclic) bond motifs is 1. The van der Waals surface area contributed by atoms with E-state index < -0.39 is 22.3 Å². The third kappa shape index (κ3) is 6.10. The molecule has 37 heavy (non-hydrogen) atoms. The van der Waals surface area contributed by atoms with Crippen LogP contribution in [0.5, 0.6) is 5.75 Å². The molecule has 0 saturated carbocycles. The van der Waals surface area contributed by atoms with Crippen molar-refractivity contribution in [1.82, 2.24) is 4.98 Å². The Morgan fingerprint density at radius 1 is 0.892 bits per heavy atom. The van der Waals surface area contributed by atoms with E-state index in [1.807, 2.05) is 36.4 Å². The van der Waals surface area contributed by atoms with Crippen molar-refractivity contribution in [1.29, 1.82) is 0 Å². The number of aliphatic hydroxyl groups excluding tert-OH is 1. The van der Waals surface area contributed by atoms with Crippen molar-refractivity contribution in [3.05, 3.63) is 84.9 Å². The number of rotatable bonds is 11. The highest BCUT2D eigenvalue weighted by molar-refractivity contribution is 7.86. The average molecular weight is 521 g/mol. The Labute approximate surface area is 218 Å². The zero-order valence-corrected chi connectivity index (χ0v) is 22.1. The number of anilines is 1. The predicted molar refractivity (Wildman–Crippen MR) is 146 cm³/mol. The highest BCUT2D eigenvalue weighted by Gasteiger charge is 2.30. The van der Waals surface area contributed by atoms with Gasteiger partial charge in [-0.3, -0.25) is 4.18 Å². The van der Waals surface area contributed by atoms with E-state index in [1.165, 1.54) is 12.1 Å². The molecular weight excluding hydrogens is 488 g/mol. The lowest BCUT2D eigenvalue weighted by molar-refractivity contribution is -0.00896. The number of benzene rings is 3. The summed E-state index contributed by atoms with van der Waals surface area (Å²) >= 11 is 0. The number of pyridine rings is 1. The molecule has 0 fully saturated rings. The van der Waals surface area contributed by atoms with Gasteiger partial charge < -0.3 is 14.7 Å². The van der Waals surface area contributed by atoms with Gasteiger partial charge in [0.05, 0.1) is 17.2 Å². The van der Waals surface area contributed by atoms with Crippen LogP contribution in [0.1, 0.15) is 20.8 Å². The molecule has 4 rings (SSSR count). The maximum Gasteiger partial charge on any atom is 0.297 e. The van der Waals surface area contributed by atoms with Crippen LogP contribution in [0.25, 0.3) is 22.2 Å². The number of hydrogen-bond acceptors (Lipinski definition) is 7. The fourth-order valence-electron chi connectivity index (χ4n) is 4.03. The van der Waals surface area contributed by atoms with Gasteiger partial charge in [-0.15, -0.1) is 0 Å². The molecule has 7 nitrogen and oxygen atoms in total. The van der Waals surface area contributed by atoms with Gasteiger partial charge in [-0.1, -0.05) is 48.5 Å². The molecule has 194 valence electrons.